The first-order valence-electron chi connectivity index (χ1n) is 6.00. The van der Waals surface area contributed by atoms with Crippen LogP contribution in [0.5, 0.6) is 0 Å². The van der Waals surface area contributed by atoms with E-state index in [1.54, 1.807) is 6.33 Å². The SMILES string of the molecule is Cc1ccc2ncnc(N(C)CC(C)C)c2c1. The predicted octanol–water partition coefficient (Wildman–Crippen LogP) is 3.03. The third-order valence-electron chi connectivity index (χ3n) is 2.77. The number of aromatic nitrogens is 2. The van der Waals surface area contributed by atoms with E-state index in [0.717, 1.165) is 23.3 Å². The van der Waals surface area contributed by atoms with Gasteiger partial charge in [-0.05, 0) is 25.0 Å². The van der Waals surface area contributed by atoms with Crippen LogP contribution in [0.4, 0.5) is 5.82 Å². The first kappa shape index (κ1) is 11.8. The second-order valence-electron chi connectivity index (χ2n) is 4.99. The molecule has 1 heterocycles. The molecule has 1 aromatic carbocycles. The first-order valence-corrected chi connectivity index (χ1v) is 6.00. The van der Waals surface area contributed by atoms with Crippen molar-refractivity contribution in [2.24, 2.45) is 5.92 Å². The van der Waals surface area contributed by atoms with Gasteiger partial charge in [-0.1, -0.05) is 25.5 Å². The minimum Gasteiger partial charge on any atom is -0.359 e. The summed E-state index contributed by atoms with van der Waals surface area (Å²) in [5.41, 5.74) is 2.25. The lowest BCUT2D eigenvalue weighted by atomic mass is 10.1. The lowest BCUT2D eigenvalue weighted by Gasteiger charge is -2.21. The maximum atomic E-state index is 4.42. The molecule has 0 fully saturated rings. The number of benzene rings is 1. The number of hydrogen-bond donors (Lipinski definition) is 0. The number of aryl methyl sites for hydroxylation is 1. The van der Waals surface area contributed by atoms with Crippen molar-refractivity contribution in [2.45, 2.75) is 20.8 Å². The average molecular weight is 229 g/mol. The smallest absolute Gasteiger partial charge is 0.139 e. The summed E-state index contributed by atoms with van der Waals surface area (Å²) in [6, 6.07) is 6.29. The van der Waals surface area contributed by atoms with Gasteiger partial charge in [-0.3, -0.25) is 0 Å². The summed E-state index contributed by atoms with van der Waals surface area (Å²) in [6.45, 7) is 7.52. The molecular formula is C14H19N3. The largest absolute Gasteiger partial charge is 0.359 e. The molecule has 1 aromatic heterocycles. The lowest BCUT2D eigenvalue weighted by Crippen LogP contribution is -2.23. The fraction of sp³-hybridized carbons (Fsp3) is 0.429. The molecule has 0 aliphatic heterocycles. The molecule has 0 amide bonds. The molecule has 2 rings (SSSR count). The Kier molecular flexibility index (Phi) is 3.27. The molecule has 0 saturated carbocycles. The Morgan fingerprint density at radius 3 is 2.71 bits per heavy atom. The van der Waals surface area contributed by atoms with Crippen molar-refractivity contribution in [3.63, 3.8) is 0 Å². The Balaban J connectivity index is 2.49. The van der Waals surface area contributed by atoms with E-state index in [-0.39, 0.29) is 0 Å². The van der Waals surface area contributed by atoms with Gasteiger partial charge in [0.05, 0.1) is 5.52 Å². The van der Waals surface area contributed by atoms with Gasteiger partial charge in [0.15, 0.2) is 0 Å². The van der Waals surface area contributed by atoms with Crippen LogP contribution >= 0.6 is 0 Å². The second kappa shape index (κ2) is 4.70. The summed E-state index contributed by atoms with van der Waals surface area (Å²) in [5, 5.41) is 1.13. The van der Waals surface area contributed by atoms with Gasteiger partial charge in [0.25, 0.3) is 0 Å². The van der Waals surface area contributed by atoms with Gasteiger partial charge in [-0.15, -0.1) is 0 Å². The number of anilines is 1. The summed E-state index contributed by atoms with van der Waals surface area (Å²) in [5.74, 6) is 1.64. The molecular weight excluding hydrogens is 210 g/mol. The van der Waals surface area contributed by atoms with Crippen molar-refractivity contribution in [1.29, 1.82) is 0 Å². The Morgan fingerprint density at radius 2 is 2.00 bits per heavy atom. The highest BCUT2D eigenvalue weighted by Gasteiger charge is 2.09. The normalized spacial score (nSPS) is 11.1. The van der Waals surface area contributed by atoms with Gasteiger partial charge in [0.1, 0.15) is 12.1 Å². The maximum Gasteiger partial charge on any atom is 0.139 e. The fourth-order valence-electron chi connectivity index (χ4n) is 2.10. The standard InChI is InChI=1S/C14H19N3/c1-10(2)8-17(4)14-12-7-11(3)5-6-13(12)15-9-16-14/h5-7,9-10H,8H2,1-4H3. The van der Waals surface area contributed by atoms with Crippen molar-refractivity contribution in [3.8, 4) is 0 Å². The quantitative estimate of drug-likeness (QED) is 0.810. The molecule has 2 aromatic rings. The van der Waals surface area contributed by atoms with Gasteiger partial charge in [0, 0.05) is 19.0 Å². The number of hydrogen-bond acceptors (Lipinski definition) is 3. The topological polar surface area (TPSA) is 29.0 Å². The molecule has 0 saturated heterocycles. The Hall–Kier alpha value is -1.64. The summed E-state index contributed by atoms with van der Waals surface area (Å²) < 4.78 is 0. The van der Waals surface area contributed by atoms with Crippen LogP contribution in [0, 0.1) is 12.8 Å². The molecule has 0 unspecified atom stereocenters. The number of fused-ring (bicyclic) bond motifs is 1. The highest BCUT2D eigenvalue weighted by Crippen LogP contribution is 2.23. The van der Waals surface area contributed by atoms with E-state index in [0.29, 0.717) is 5.92 Å². The Bertz CT molecular complexity index is 520. The average Bonchev–Trinajstić information content (AvgIpc) is 2.27. The van der Waals surface area contributed by atoms with Crippen LogP contribution in [-0.2, 0) is 0 Å². The van der Waals surface area contributed by atoms with Crippen LogP contribution in [0.2, 0.25) is 0 Å². The summed E-state index contributed by atoms with van der Waals surface area (Å²) in [6.07, 6.45) is 1.64. The third kappa shape index (κ3) is 2.54. The molecule has 0 aliphatic carbocycles. The van der Waals surface area contributed by atoms with Gasteiger partial charge in [-0.25, -0.2) is 9.97 Å². The number of nitrogens with zero attached hydrogens (tertiary/aromatic N) is 3. The first-order chi connectivity index (χ1) is 8.08. The molecule has 17 heavy (non-hydrogen) atoms. The Morgan fingerprint density at radius 1 is 1.24 bits per heavy atom. The van der Waals surface area contributed by atoms with Gasteiger partial charge >= 0.3 is 0 Å². The molecule has 3 heteroatoms. The summed E-state index contributed by atoms with van der Waals surface area (Å²) in [7, 11) is 2.09. The third-order valence-corrected chi connectivity index (χ3v) is 2.77. The fourth-order valence-corrected chi connectivity index (χ4v) is 2.10. The van der Waals surface area contributed by atoms with E-state index < -0.39 is 0 Å². The van der Waals surface area contributed by atoms with Crippen LogP contribution in [0.3, 0.4) is 0 Å². The molecule has 3 nitrogen and oxygen atoms in total. The van der Waals surface area contributed by atoms with Crippen molar-refractivity contribution >= 4 is 16.7 Å². The Labute approximate surface area is 103 Å². The van der Waals surface area contributed by atoms with Crippen molar-refractivity contribution in [2.75, 3.05) is 18.5 Å². The maximum absolute atomic E-state index is 4.42. The van der Waals surface area contributed by atoms with E-state index in [1.165, 1.54) is 5.56 Å². The molecule has 0 spiro atoms. The zero-order chi connectivity index (χ0) is 12.4. The minimum absolute atomic E-state index is 0.620. The molecule has 0 aliphatic rings. The molecule has 0 N–H and O–H groups in total. The number of rotatable bonds is 3. The van der Waals surface area contributed by atoms with E-state index in [4.69, 9.17) is 0 Å². The van der Waals surface area contributed by atoms with Crippen LogP contribution < -0.4 is 4.90 Å². The predicted molar refractivity (Wildman–Crippen MR) is 72.4 cm³/mol. The molecule has 0 bridgehead atoms. The zero-order valence-electron chi connectivity index (χ0n) is 10.9. The van der Waals surface area contributed by atoms with Crippen molar-refractivity contribution in [1.82, 2.24) is 9.97 Å². The van der Waals surface area contributed by atoms with E-state index in [9.17, 15) is 0 Å². The van der Waals surface area contributed by atoms with Crippen LogP contribution in [0.1, 0.15) is 19.4 Å². The minimum atomic E-state index is 0.620. The van der Waals surface area contributed by atoms with Crippen molar-refractivity contribution in [3.05, 3.63) is 30.1 Å². The van der Waals surface area contributed by atoms with Crippen LogP contribution in [-0.4, -0.2) is 23.6 Å². The monoisotopic (exact) mass is 229 g/mol. The van der Waals surface area contributed by atoms with Gasteiger partial charge < -0.3 is 4.90 Å². The van der Waals surface area contributed by atoms with Gasteiger partial charge in [0.2, 0.25) is 0 Å². The van der Waals surface area contributed by atoms with E-state index in [2.05, 4.69) is 60.9 Å². The highest BCUT2D eigenvalue weighted by molar-refractivity contribution is 5.89. The van der Waals surface area contributed by atoms with E-state index >= 15 is 0 Å². The van der Waals surface area contributed by atoms with Crippen LogP contribution in [0.25, 0.3) is 10.9 Å². The summed E-state index contributed by atoms with van der Waals surface area (Å²) >= 11 is 0. The molecule has 90 valence electrons. The van der Waals surface area contributed by atoms with Crippen molar-refractivity contribution < 1.29 is 0 Å². The molecule has 0 radical (unpaired) electrons. The van der Waals surface area contributed by atoms with Gasteiger partial charge in [-0.2, -0.15) is 0 Å². The zero-order valence-corrected chi connectivity index (χ0v) is 10.9. The summed E-state index contributed by atoms with van der Waals surface area (Å²) in [4.78, 5) is 10.9. The molecule has 0 atom stereocenters. The second-order valence-corrected chi connectivity index (χ2v) is 4.99. The lowest BCUT2D eigenvalue weighted by molar-refractivity contribution is 0.635. The highest BCUT2D eigenvalue weighted by atomic mass is 15.2. The van der Waals surface area contributed by atoms with Crippen LogP contribution in [0.15, 0.2) is 24.5 Å². The van der Waals surface area contributed by atoms with E-state index in [1.807, 2.05) is 0 Å².